The standard InChI is InChI=1S/C11H12NO/c13-9-8-12-7-3-5-10-4-1-2-6-11(10)12/h1-2,4,6H,3,5,7-8H2. The molecule has 2 rings (SSSR count). The number of hydrogen-bond acceptors (Lipinski definition) is 2. The van der Waals surface area contributed by atoms with Gasteiger partial charge in [0.2, 0.25) is 6.29 Å². The van der Waals surface area contributed by atoms with E-state index in [0.29, 0.717) is 6.54 Å². The summed E-state index contributed by atoms with van der Waals surface area (Å²) >= 11 is 0. The number of carbonyl (C=O) groups excluding carboxylic acids is 1. The number of nitrogens with zero attached hydrogens (tertiary/aromatic N) is 1. The Bertz CT molecular complexity index is 309. The molecule has 0 saturated heterocycles. The Kier molecular flexibility index (Phi) is 2.30. The zero-order valence-electron chi connectivity index (χ0n) is 7.49. The van der Waals surface area contributed by atoms with Gasteiger partial charge in [0.1, 0.15) is 0 Å². The van der Waals surface area contributed by atoms with Crippen molar-refractivity contribution in [3.63, 3.8) is 0 Å². The van der Waals surface area contributed by atoms with Crippen LogP contribution >= 0.6 is 0 Å². The molecule has 0 aliphatic carbocycles. The lowest BCUT2D eigenvalue weighted by Gasteiger charge is -2.29. The van der Waals surface area contributed by atoms with E-state index in [9.17, 15) is 4.79 Å². The van der Waals surface area contributed by atoms with Crippen LogP contribution in [0.5, 0.6) is 0 Å². The fourth-order valence-corrected chi connectivity index (χ4v) is 1.85. The first kappa shape index (κ1) is 8.30. The van der Waals surface area contributed by atoms with Gasteiger partial charge in [0, 0.05) is 12.2 Å². The summed E-state index contributed by atoms with van der Waals surface area (Å²) in [5.41, 5.74) is 2.56. The summed E-state index contributed by atoms with van der Waals surface area (Å²) in [5.74, 6) is 0. The minimum atomic E-state index is 0.400. The van der Waals surface area contributed by atoms with E-state index in [2.05, 4.69) is 17.0 Å². The molecule has 1 aromatic carbocycles. The highest BCUT2D eigenvalue weighted by molar-refractivity contribution is 5.64. The van der Waals surface area contributed by atoms with E-state index < -0.39 is 0 Å². The summed E-state index contributed by atoms with van der Waals surface area (Å²) in [6, 6.07) is 8.27. The van der Waals surface area contributed by atoms with Crippen molar-refractivity contribution < 1.29 is 4.79 Å². The zero-order valence-corrected chi connectivity index (χ0v) is 7.49. The average Bonchev–Trinajstić information content (AvgIpc) is 2.19. The number of fused-ring (bicyclic) bond motifs is 1. The Labute approximate surface area is 78.2 Å². The van der Waals surface area contributed by atoms with Crippen LogP contribution in [0.2, 0.25) is 0 Å². The average molecular weight is 174 g/mol. The van der Waals surface area contributed by atoms with Crippen LogP contribution in [-0.2, 0) is 11.2 Å². The van der Waals surface area contributed by atoms with Gasteiger partial charge in [-0.1, -0.05) is 18.2 Å². The summed E-state index contributed by atoms with van der Waals surface area (Å²) in [6.45, 7) is 1.38. The van der Waals surface area contributed by atoms with Crippen LogP contribution in [0.15, 0.2) is 24.3 Å². The molecule has 1 aromatic rings. The first-order chi connectivity index (χ1) is 6.42. The summed E-state index contributed by atoms with van der Waals surface area (Å²) < 4.78 is 0. The second-order valence-electron chi connectivity index (χ2n) is 3.30. The maximum atomic E-state index is 10.3. The molecule has 0 spiro atoms. The fraction of sp³-hybridized carbons (Fsp3) is 0.364. The smallest absolute Gasteiger partial charge is 0.219 e. The molecule has 2 nitrogen and oxygen atoms in total. The van der Waals surface area contributed by atoms with Gasteiger partial charge < -0.3 is 4.90 Å². The molecule has 0 unspecified atom stereocenters. The SMILES string of the molecule is O=[C]CN1CCCc2ccccc21. The van der Waals surface area contributed by atoms with Gasteiger partial charge >= 0.3 is 0 Å². The molecule has 67 valence electrons. The third kappa shape index (κ3) is 1.57. The molecule has 0 aromatic heterocycles. The number of aryl methyl sites for hydroxylation is 1. The second kappa shape index (κ2) is 3.60. The third-order valence-corrected chi connectivity index (χ3v) is 2.46. The Morgan fingerprint density at radius 1 is 1.38 bits per heavy atom. The second-order valence-corrected chi connectivity index (χ2v) is 3.30. The number of para-hydroxylation sites is 1. The molecule has 1 heterocycles. The first-order valence-electron chi connectivity index (χ1n) is 4.59. The van der Waals surface area contributed by atoms with E-state index in [0.717, 1.165) is 19.4 Å². The van der Waals surface area contributed by atoms with Gasteiger partial charge in [0.15, 0.2) is 0 Å². The van der Waals surface area contributed by atoms with Gasteiger partial charge in [0.25, 0.3) is 0 Å². The molecule has 0 fully saturated rings. The highest BCUT2D eigenvalue weighted by Crippen LogP contribution is 2.25. The maximum Gasteiger partial charge on any atom is 0.219 e. The summed E-state index contributed by atoms with van der Waals surface area (Å²) in [4.78, 5) is 12.4. The predicted octanol–water partition coefficient (Wildman–Crippen LogP) is 1.55. The highest BCUT2D eigenvalue weighted by Gasteiger charge is 2.14. The molecule has 0 saturated carbocycles. The van der Waals surface area contributed by atoms with Gasteiger partial charge in [-0.15, -0.1) is 0 Å². The minimum Gasteiger partial charge on any atom is -0.363 e. The molecular weight excluding hydrogens is 162 g/mol. The number of rotatable bonds is 2. The van der Waals surface area contributed by atoms with Crippen molar-refractivity contribution in [2.45, 2.75) is 12.8 Å². The summed E-state index contributed by atoms with van der Waals surface area (Å²) in [5, 5.41) is 0. The largest absolute Gasteiger partial charge is 0.363 e. The van der Waals surface area contributed by atoms with Gasteiger partial charge in [-0.3, -0.25) is 4.79 Å². The molecular formula is C11H12NO. The number of hydrogen-bond donors (Lipinski definition) is 0. The van der Waals surface area contributed by atoms with E-state index >= 15 is 0 Å². The van der Waals surface area contributed by atoms with Gasteiger partial charge in [0.05, 0.1) is 6.54 Å². The van der Waals surface area contributed by atoms with Crippen molar-refractivity contribution in [3.05, 3.63) is 29.8 Å². The Morgan fingerprint density at radius 3 is 3.08 bits per heavy atom. The Morgan fingerprint density at radius 2 is 2.23 bits per heavy atom. The van der Waals surface area contributed by atoms with Gasteiger partial charge in [-0.2, -0.15) is 0 Å². The Hall–Kier alpha value is -1.31. The maximum absolute atomic E-state index is 10.3. The predicted molar refractivity (Wildman–Crippen MR) is 52.7 cm³/mol. The van der Waals surface area contributed by atoms with Crippen molar-refractivity contribution in [2.24, 2.45) is 0 Å². The lowest BCUT2D eigenvalue weighted by Crippen LogP contribution is -2.30. The fourth-order valence-electron chi connectivity index (χ4n) is 1.85. The molecule has 1 radical (unpaired) electrons. The van der Waals surface area contributed by atoms with E-state index in [1.54, 1.807) is 0 Å². The van der Waals surface area contributed by atoms with E-state index in [4.69, 9.17) is 0 Å². The van der Waals surface area contributed by atoms with Crippen LogP contribution in [0.4, 0.5) is 5.69 Å². The van der Waals surface area contributed by atoms with Crippen molar-refractivity contribution in [1.82, 2.24) is 0 Å². The van der Waals surface area contributed by atoms with Crippen LogP contribution in [0, 0.1) is 0 Å². The lowest BCUT2D eigenvalue weighted by molar-refractivity contribution is 0.552. The lowest BCUT2D eigenvalue weighted by atomic mass is 10.0. The van der Waals surface area contributed by atoms with Crippen LogP contribution in [0.3, 0.4) is 0 Å². The minimum absolute atomic E-state index is 0.400. The molecule has 13 heavy (non-hydrogen) atoms. The van der Waals surface area contributed by atoms with Crippen LogP contribution in [-0.4, -0.2) is 19.4 Å². The molecule has 1 aliphatic heterocycles. The van der Waals surface area contributed by atoms with Crippen LogP contribution in [0.1, 0.15) is 12.0 Å². The van der Waals surface area contributed by atoms with Crippen molar-refractivity contribution >= 4 is 12.0 Å². The molecule has 2 heteroatoms. The summed E-state index contributed by atoms with van der Waals surface area (Å²) in [7, 11) is 0. The highest BCUT2D eigenvalue weighted by atomic mass is 16.1. The van der Waals surface area contributed by atoms with Crippen LogP contribution < -0.4 is 4.90 Å². The third-order valence-electron chi connectivity index (χ3n) is 2.46. The molecule has 0 atom stereocenters. The Balaban J connectivity index is 2.31. The van der Waals surface area contributed by atoms with Crippen molar-refractivity contribution in [2.75, 3.05) is 18.0 Å². The van der Waals surface area contributed by atoms with E-state index in [1.165, 1.54) is 11.3 Å². The monoisotopic (exact) mass is 174 g/mol. The number of benzene rings is 1. The van der Waals surface area contributed by atoms with Crippen molar-refractivity contribution in [1.29, 1.82) is 0 Å². The quantitative estimate of drug-likeness (QED) is 0.678. The van der Waals surface area contributed by atoms with Gasteiger partial charge in [-0.25, -0.2) is 0 Å². The van der Waals surface area contributed by atoms with Gasteiger partial charge in [-0.05, 0) is 24.5 Å². The zero-order chi connectivity index (χ0) is 9.10. The normalized spacial score (nSPS) is 15.2. The van der Waals surface area contributed by atoms with Crippen molar-refractivity contribution in [3.8, 4) is 0 Å². The van der Waals surface area contributed by atoms with E-state index in [-0.39, 0.29) is 0 Å². The molecule has 0 N–H and O–H groups in total. The topological polar surface area (TPSA) is 20.3 Å². The van der Waals surface area contributed by atoms with Crippen LogP contribution in [0.25, 0.3) is 0 Å². The first-order valence-corrected chi connectivity index (χ1v) is 4.59. The number of anilines is 1. The molecule has 0 amide bonds. The van der Waals surface area contributed by atoms with E-state index in [1.807, 2.05) is 18.4 Å². The molecule has 0 bridgehead atoms. The summed E-state index contributed by atoms with van der Waals surface area (Å²) in [6.07, 6.45) is 4.22. The molecule has 1 aliphatic rings.